The zero-order valence-corrected chi connectivity index (χ0v) is 16.6. The number of aryl methyl sites for hydroxylation is 2. The Balaban J connectivity index is 1.98. The first-order chi connectivity index (χ1) is 12.3. The number of carbonyl (C=O) groups excluding carboxylic acids is 2. The predicted octanol–water partition coefficient (Wildman–Crippen LogP) is 4.63. The molecule has 0 aromatic carbocycles. The average molecular weight is 369 g/mol. The third-order valence-electron chi connectivity index (χ3n) is 4.74. The molecule has 3 heterocycles. The monoisotopic (exact) mass is 369 g/mol. The van der Waals surface area contributed by atoms with E-state index < -0.39 is 0 Å². The predicted molar refractivity (Wildman–Crippen MR) is 105 cm³/mol. The van der Waals surface area contributed by atoms with Crippen LogP contribution in [0.4, 0.5) is 4.79 Å². The summed E-state index contributed by atoms with van der Waals surface area (Å²) in [5.74, 6) is 0.644. The van der Waals surface area contributed by atoms with Crippen LogP contribution in [0.2, 0.25) is 0 Å². The van der Waals surface area contributed by atoms with Gasteiger partial charge in [-0.1, -0.05) is 13.0 Å². The van der Waals surface area contributed by atoms with Gasteiger partial charge < -0.3 is 4.57 Å². The van der Waals surface area contributed by atoms with E-state index in [9.17, 15) is 9.59 Å². The first-order valence-electron chi connectivity index (χ1n) is 8.72. The van der Waals surface area contributed by atoms with Gasteiger partial charge in [-0.2, -0.15) is 0 Å². The molecule has 0 saturated carbocycles. The van der Waals surface area contributed by atoms with E-state index in [0.29, 0.717) is 4.91 Å². The van der Waals surface area contributed by atoms with Crippen LogP contribution in [0, 0.1) is 20.8 Å². The van der Waals surface area contributed by atoms with Gasteiger partial charge in [0.2, 0.25) is 0 Å². The lowest BCUT2D eigenvalue weighted by atomic mass is 10.2. The van der Waals surface area contributed by atoms with E-state index in [1.165, 1.54) is 4.90 Å². The number of imide groups is 1. The summed E-state index contributed by atoms with van der Waals surface area (Å²) in [5, 5.41) is -0.190. The van der Waals surface area contributed by atoms with Crippen molar-refractivity contribution in [2.24, 2.45) is 0 Å². The molecule has 26 heavy (non-hydrogen) atoms. The van der Waals surface area contributed by atoms with Crippen molar-refractivity contribution in [1.29, 1.82) is 0 Å². The maximum Gasteiger partial charge on any atom is 0.293 e. The molecule has 1 unspecified atom stereocenters. The molecular formula is C20H23N3O2S. The molecule has 0 radical (unpaired) electrons. The normalized spacial score (nSPS) is 17.4. The fraction of sp³-hybridized carbons (Fsp3) is 0.350. The second-order valence-electron chi connectivity index (χ2n) is 6.66. The quantitative estimate of drug-likeness (QED) is 0.737. The molecular weight excluding hydrogens is 346 g/mol. The lowest BCUT2D eigenvalue weighted by Crippen LogP contribution is -2.36. The zero-order valence-electron chi connectivity index (χ0n) is 15.7. The number of hydrogen-bond acceptors (Lipinski definition) is 4. The van der Waals surface area contributed by atoms with Gasteiger partial charge in [-0.05, 0) is 75.2 Å². The van der Waals surface area contributed by atoms with Crippen LogP contribution in [0.25, 0.3) is 11.9 Å². The van der Waals surface area contributed by atoms with Crippen molar-refractivity contribution in [3.8, 4) is 5.82 Å². The largest absolute Gasteiger partial charge is 0.303 e. The Morgan fingerprint density at radius 3 is 2.58 bits per heavy atom. The minimum absolute atomic E-state index is 0.0856. The van der Waals surface area contributed by atoms with E-state index in [0.717, 1.165) is 46.5 Å². The number of carbonyl (C=O) groups is 2. The number of aromatic nitrogens is 2. The summed E-state index contributed by atoms with van der Waals surface area (Å²) in [4.78, 5) is 31.2. The van der Waals surface area contributed by atoms with E-state index in [1.54, 1.807) is 0 Å². The number of pyridine rings is 1. The molecule has 136 valence electrons. The van der Waals surface area contributed by atoms with E-state index in [-0.39, 0.29) is 17.2 Å². The number of thioether (sulfide) groups is 1. The summed E-state index contributed by atoms with van der Waals surface area (Å²) in [6.07, 6.45) is 4.41. The fourth-order valence-corrected chi connectivity index (χ4v) is 3.98. The molecule has 1 atom stereocenters. The van der Waals surface area contributed by atoms with Gasteiger partial charge in [0.15, 0.2) is 0 Å². The number of rotatable bonds is 4. The Bertz CT molecular complexity index is 897. The second kappa shape index (κ2) is 7.11. The summed E-state index contributed by atoms with van der Waals surface area (Å²) in [6.45, 7) is 9.88. The molecule has 3 rings (SSSR count). The van der Waals surface area contributed by atoms with Gasteiger partial charge in [0.1, 0.15) is 5.82 Å². The van der Waals surface area contributed by atoms with E-state index in [4.69, 9.17) is 0 Å². The molecule has 0 bridgehead atoms. The SMILES string of the molecule is CCC(C)N1C(=O)SC(=Cc2cc(C)n(-c3ccc(C)cn3)c2C)C1=O. The highest BCUT2D eigenvalue weighted by Crippen LogP contribution is 2.35. The fourth-order valence-electron chi connectivity index (χ4n) is 3.06. The van der Waals surface area contributed by atoms with Crippen molar-refractivity contribution in [2.75, 3.05) is 0 Å². The van der Waals surface area contributed by atoms with Crippen LogP contribution in [0.15, 0.2) is 29.3 Å². The van der Waals surface area contributed by atoms with Crippen LogP contribution in [0.3, 0.4) is 0 Å². The minimum Gasteiger partial charge on any atom is -0.303 e. The maximum atomic E-state index is 12.6. The summed E-state index contributed by atoms with van der Waals surface area (Å²) < 4.78 is 2.06. The topological polar surface area (TPSA) is 55.2 Å². The summed E-state index contributed by atoms with van der Waals surface area (Å²) in [6, 6.07) is 5.94. The maximum absolute atomic E-state index is 12.6. The Kier molecular flexibility index (Phi) is 5.05. The molecule has 1 aliphatic rings. The van der Waals surface area contributed by atoms with E-state index >= 15 is 0 Å². The molecule has 0 spiro atoms. The highest BCUT2D eigenvalue weighted by atomic mass is 32.2. The van der Waals surface area contributed by atoms with Gasteiger partial charge in [0, 0.05) is 23.6 Å². The van der Waals surface area contributed by atoms with Crippen LogP contribution in [0.1, 0.15) is 42.8 Å². The van der Waals surface area contributed by atoms with Gasteiger partial charge in [-0.25, -0.2) is 4.98 Å². The van der Waals surface area contributed by atoms with E-state index in [1.807, 2.05) is 65.1 Å². The Morgan fingerprint density at radius 2 is 1.96 bits per heavy atom. The molecule has 0 aliphatic carbocycles. The molecule has 1 aliphatic heterocycles. The van der Waals surface area contributed by atoms with E-state index in [2.05, 4.69) is 9.55 Å². The lowest BCUT2D eigenvalue weighted by molar-refractivity contribution is -0.124. The Labute approximate surface area is 158 Å². The average Bonchev–Trinajstić information content (AvgIpc) is 3.04. The first-order valence-corrected chi connectivity index (χ1v) is 9.54. The number of amides is 2. The molecule has 0 N–H and O–H groups in total. The summed E-state index contributed by atoms with van der Waals surface area (Å²) >= 11 is 1.02. The Morgan fingerprint density at radius 1 is 1.23 bits per heavy atom. The molecule has 2 aromatic heterocycles. The molecule has 2 aromatic rings. The molecule has 1 fully saturated rings. The second-order valence-corrected chi connectivity index (χ2v) is 7.66. The van der Waals surface area contributed by atoms with Crippen molar-refractivity contribution in [3.05, 3.63) is 51.8 Å². The number of nitrogens with zero attached hydrogens (tertiary/aromatic N) is 3. The highest BCUT2D eigenvalue weighted by Gasteiger charge is 2.37. The summed E-state index contributed by atoms with van der Waals surface area (Å²) in [7, 11) is 0. The zero-order chi connectivity index (χ0) is 19.0. The van der Waals surface area contributed by atoms with Crippen molar-refractivity contribution < 1.29 is 9.59 Å². The molecule has 2 amide bonds. The molecule has 6 heteroatoms. The van der Waals surface area contributed by atoms with Crippen LogP contribution in [-0.2, 0) is 4.79 Å². The lowest BCUT2D eigenvalue weighted by Gasteiger charge is -2.19. The minimum atomic E-state index is -0.201. The highest BCUT2D eigenvalue weighted by molar-refractivity contribution is 8.18. The van der Waals surface area contributed by atoms with Crippen LogP contribution in [-0.4, -0.2) is 31.6 Å². The summed E-state index contributed by atoms with van der Waals surface area (Å²) in [5.41, 5.74) is 4.06. The van der Waals surface area contributed by atoms with Gasteiger partial charge in [0.05, 0.1) is 4.91 Å². The number of hydrogen-bond donors (Lipinski definition) is 0. The van der Waals surface area contributed by atoms with Crippen LogP contribution in [0.5, 0.6) is 0 Å². The van der Waals surface area contributed by atoms with Crippen molar-refractivity contribution >= 4 is 29.0 Å². The van der Waals surface area contributed by atoms with Crippen molar-refractivity contribution in [1.82, 2.24) is 14.5 Å². The van der Waals surface area contributed by atoms with Crippen LogP contribution < -0.4 is 0 Å². The van der Waals surface area contributed by atoms with Gasteiger partial charge in [-0.3, -0.25) is 14.5 Å². The molecule has 5 nitrogen and oxygen atoms in total. The smallest absolute Gasteiger partial charge is 0.293 e. The van der Waals surface area contributed by atoms with Crippen LogP contribution >= 0.6 is 11.8 Å². The van der Waals surface area contributed by atoms with Crippen molar-refractivity contribution in [2.45, 2.75) is 47.1 Å². The van der Waals surface area contributed by atoms with Gasteiger partial charge >= 0.3 is 0 Å². The van der Waals surface area contributed by atoms with Gasteiger partial charge in [0.25, 0.3) is 11.1 Å². The third kappa shape index (κ3) is 3.21. The molecule has 1 saturated heterocycles. The first kappa shape index (κ1) is 18.5. The third-order valence-corrected chi connectivity index (χ3v) is 5.62. The van der Waals surface area contributed by atoms with Crippen molar-refractivity contribution in [3.63, 3.8) is 0 Å². The van der Waals surface area contributed by atoms with Gasteiger partial charge in [-0.15, -0.1) is 0 Å². The standard InChI is InChI=1S/C20H23N3O2S/c1-6-13(3)23-19(24)17(26-20(23)25)10-16-9-14(4)22(15(16)5)18-8-7-12(2)11-21-18/h7-11,13H,6H2,1-5H3. The Hall–Kier alpha value is -2.34.